The van der Waals surface area contributed by atoms with Gasteiger partial charge in [-0.05, 0) is 32.8 Å². The second kappa shape index (κ2) is 8.39. The van der Waals surface area contributed by atoms with Crippen molar-refractivity contribution in [2.24, 2.45) is 0 Å². The van der Waals surface area contributed by atoms with E-state index in [1.54, 1.807) is 0 Å². The molecule has 0 aliphatic heterocycles. The van der Waals surface area contributed by atoms with Gasteiger partial charge in [-0.3, -0.25) is 9.59 Å². The first-order chi connectivity index (χ1) is 14.8. The zero-order chi connectivity index (χ0) is 22.1. The van der Waals surface area contributed by atoms with Crippen molar-refractivity contribution in [2.45, 2.75) is 40.5 Å². The number of hydrogen-bond donors (Lipinski definition) is 1. The molecule has 0 spiro atoms. The minimum absolute atomic E-state index is 0.0722. The van der Waals surface area contributed by atoms with Crippen LogP contribution in [-0.4, -0.2) is 31.3 Å². The molecule has 3 heterocycles. The molecule has 0 aliphatic rings. The van der Waals surface area contributed by atoms with E-state index in [0.29, 0.717) is 22.1 Å². The summed E-state index contributed by atoms with van der Waals surface area (Å²) in [5.74, 6) is -0.226. The Morgan fingerprint density at radius 3 is 2.55 bits per heavy atom. The summed E-state index contributed by atoms with van der Waals surface area (Å²) in [5.41, 5.74) is 6.07. The Hall–Kier alpha value is -3.39. The Bertz CT molecular complexity index is 1290. The van der Waals surface area contributed by atoms with Crippen molar-refractivity contribution in [3.05, 3.63) is 63.9 Å². The molecule has 0 atom stereocenters. The summed E-state index contributed by atoms with van der Waals surface area (Å²) < 4.78 is 1.82. The molecule has 1 amide bonds. The number of fused-ring (bicyclic) bond motifs is 1. The summed E-state index contributed by atoms with van der Waals surface area (Å²) in [6.07, 6.45) is 0.826. The number of nitrogens with zero attached hydrogens (tertiary/aromatic N) is 4. The van der Waals surface area contributed by atoms with Crippen LogP contribution in [0.3, 0.4) is 0 Å². The number of carbonyl (C=O) groups excluding carboxylic acids is 2. The second-order valence-corrected chi connectivity index (χ2v) is 8.48. The molecule has 1 N–H and O–H groups in total. The highest BCUT2D eigenvalue weighted by Crippen LogP contribution is 2.31. The molecule has 31 heavy (non-hydrogen) atoms. The third-order valence-corrected chi connectivity index (χ3v) is 6.20. The molecule has 8 heteroatoms. The summed E-state index contributed by atoms with van der Waals surface area (Å²) >= 11 is 1.20. The Kier molecular flexibility index (Phi) is 5.65. The van der Waals surface area contributed by atoms with Gasteiger partial charge in [0.25, 0.3) is 0 Å². The molecule has 0 bridgehead atoms. The molecular weight excluding hydrogens is 410 g/mol. The summed E-state index contributed by atoms with van der Waals surface area (Å²) in [6, 6.07) is 11.4. The topological polar surface area (TPSA) is 89.2 Å². The van der Waals surface area contributed by atoms with Crippen molar-refractivity contribution < 1.29 is 9.59 Å². The SMILES string of the molecule is CC(=O)c1sc(NC(=O)CCc2c(C)nc3cc(C)nn3c2C)nc1-c1ccccc1. The molecule has 0 unspecified atom stereocenters. The van der Waals surface area contributed by atoms with E-state index in [2.05, 4.69) is 20.4 Å². The fourth-order valence-corrected chi connectivity index (χ4v) is 4.53. The van der Waals surface area contributed by atoms with Gasteiger partial charge in [-0.15, -0.1) is 0 Å². The maximum absolute atomic E-state index is 12.6. The van der Waals surface area contributed by atoms with Crippen LogP contribution in [0.2, 0.25) is 0 Å². The average molecular weight is 434 g/mol. The lowest BCUT2D eigenvalue weighted by Crippen LogP contribution is -2.14. The van der Waals surface area contributed by atoms with Crippen LogP contribution in [0.5, 0.6) is 0 Å². The molecule has 4 aromatic rings. The number of hydrogen-bond acceptors (Lipinski definition) is 6. The fourth-order valence-electron chi connectivity index (χ4n) is 3.63. The van der Waals surface area contributed by atoms with Crippen LogP contribution in [-0.2, 0) is 11.2 Å². The number of ketones is 1. The third kappa shape index (κ3) is 4.25. The third-order valence-electron chi connectivity index (χ3n) is 5.13. The van der Waals surface area contributed by atoms with Gasteiger partial charge in [0, 0.05) is 36.4 Å². The molecule has 0 radical (unpaired) electrons. The van der Waals surface area contributed by atoms with Gasteiger partial charge < -0.3 is 5.32 Å². The van der Waals surface area contributed by atoms with Crippen molar-refractivity contribution in [1.29, 1.82) is 0 Å². The van der Waals surface area contributed by atoms with Crippen LogP contribution in [0, 0.1) is 20.8 Å². The van der Waals surface area contributed by atoms with Gasteiger partial charge in [0.15, 0.2) is 16.6 Å². The first-order valence-electron chi connectivity index (χ1n) is 10.0. The van der Waals surface area contributed by atoms with E-state index in [1.807, 2.05) is 61.7 Å². The molecule has 7 nitrogen and oxygen atoms in total. The first kappa shape index (κ1) is 20.9. The number of anilines is 1. The van der Waals surface area contributed by atoms with Crippen molar-refractivity contribution in [3.8, 4) is 11.3 Å². The number of thiazole rings is 1. The average Bonchev–Trinajstić information content (AvgIpc) is 3.32. The molecule has 0 saturated carbocycles. The van der Waals surface area contributed by atoms with E-state index < -0.39 is 0 Å². The van der Waals surface area contributed by atoms with Gasteiger partial charge in [0.1, 0.15) is 0 Å². The Morgan fingerprint density at radius 2 is 1.84 bits per heavy atom. The van der Waals surface area contributed by atoms with Gasteiger partial charge in [-0.25, -0.2) is 14.5 Å². The molecule has 0 fully saturated rings. The Balaban J connectivity index is 1.51. The lowest BCUT2D eigenvalue weighted by Gasteiger charge is -2.10. The smallest absolute Gasteiger partial charge is 0.226 e. The van der Waals surface area contributed by atoms with Crippen LogP contribution in [0.1, 0.15) is 45.7 Å². The molecule has 1 aromatic carbocycles. The maximum Gasteiger partial charge on any atom is 0.226 e. The summed E-state index contributed by atoms with van der Waals surface area (Å²) in [5, 5.41) is 7.76. The van der Waals surface area contributed by atoms with Crippen LogP contribution in [0.15, 0.2) is 36.4 Å². The maximum atomic E-state index is 12.6. The first-order valence-corrected chi connectivity index (χ1v) is 10.8. The van der Waals surface area contributed by atoms with E-state index in [4.69, 9.17) is 0 Å². The van der Waals surface area contributed by atoms with Crippen molar-refractivity contribution in [1.82, 2.24) is 19.6 Å². The van der Waals surface area contributed by atoms with Crippen molar-refractivity contribution >= 4 is 33.8 Å². The molecular formula is C23H23N5O2S. The van der Waals surface area contributed by atoms with Gasteiger partial charge in [-0.1, -0.05) is 41.7 Å². The van der Waals surface area contributed by atoms with Gasteiger partial charge >= 0.3 is 0 Å². The zero-order valence-electron chi connectivity index (χ0n) is 17.9. The number of aromatic nitrogens is 4. The summed E-state index contributed by atoms with van der Waals surface area (Å²) in [6.45, 7) is 7.39. The minimum Gasteiger partial charge on any atom is -0.302 e. The second-order valence-electron chi connectivity index (χ2n) is 7.48. The minimum atomic E-state index is -0.154. The highest BCUT2D eigenvalue weighted by atomic mass is 32.1. The predicted octanol–water partition coefficient (Wildman–Crippen LogP) is 4.55. The lowest BCUT2D eigenvalue weighted by atomic mass is 10.1. The highest BCUT2D eigenvalue weighted by Gasteiger charge is 2.18. The quantitative estimate of drug-likeness (QED) is 0.451. The zero-order valence-corrected chi connectivity index (χ0v) is 18.7. The van der Waals surface area contributed by atoms with Gasteiger partial charge in [-0.2, -0.15) is 5.10 Å². The monoisotopic (exact) mass is 433 g/mol. The van der Waals surface area contributed by atoms with Crippen molar-refractivity contribution in [2.75, 3.05) is 5.32 Å². The van der Waals surface area contributed by atoms with Gasteiger partial charge in [0.2, 0.25) is 5.91 Å². The Morgan fingerprint density at radius 1 is 1.10 bits per heavy atom. The number of benzene rings is 1. The molecule has 0 saturated heterocycles. The lowest BCUT2D eigenvalue weighted by molar-refractivity contribution is -0.116. The van der Waals surface area contributed by atoms with E-state index in [0.717, 1.165) is 33.9 Å². The van der Waals surface area contributed by atoms with E-state index in [9.17, 15) is 9.59 Å². The van der Waals surface area contributed by atoms with Crippen molar-refractivity contribution in [3.63, 3.8) is 0 Å². The number of carbonyl (C=O) groups is 2. The van der Waals surface area contributed by atoms with Crippen LogP contribution in [0.25, 0.3) is 16.9 Å². The van der Waals surface area contributed by atoms with E-state index in [1.165, 1.54) is 18.3 Å². The van der Waals surface area contributed by atoms with Crippen LogP contribution < -0.4 is 5.32 Å². The number of amides is 1. The van der Waals surface area contributed by atoms with Crippen LogP contribution >= 0.6 is 11.3 Å². The predicted molar refractivity (Wildman–Crippen MR) is 122 cm³/mol. The molecule has 0 aliphatic carbocycles. The molecule has 3 aromatic heterocycles. The van der Waals surface area contributed by atoms with Crippen LogP contribution in [0.4, 0.5) is 5.13 Å². The fraction of sp³-hybridized carbons (Fsp3) is 0.261. The molecule has 4 rings (SSSR count). The largest absolute Gasteiger partial charge is 0.302 e. The highest BCUT2D eigenvalue weighted by molar-refractivity contribution is 7.18. The Labute approximate surface area is 184 Å². The van der Waals surface area contributed by atoms with Gasteiger partial charge in [0.05, 0.1) is 16.3 Å². The van der Waals surface area contributed by atoms with E-state index in [-0.39, 0.29) is 18.1 Å². The number of nitrogens with one attached hydrogen (secondary N) is 1. The number of rotatable bonds is 6. The standard InChI is InChI=1S/C23H23N5O2S/c1-13-12-19-24-14(2)18(15(3)28(19)27-13)10-11-20(30)25-23-26-21(22(31-23)16(4)29)17-8-6-5-7-9-17/h5-9,12H,10-11H2,1-4H3,(H,25,26,30). The summed E-state index contributed by atoms with van der Waals surface area (Å²) in [7, 11) is 0. The van der Waals surface area contributed by atoms with E-state index >= 15 is 0 Å². The molecule has 158 valence electrons. The normalized spacial score (nSPS) is 11.1. The number of Topliss-reactive ketones (excluding diaryl/α,β-unsaturated/α-hetero) is 1. The summed E-state index contributed by atoms with van der Waals surface area (Å²) in [4.78, 5) is 34.4. The number of aryl methyl sites for hydroxylation is 3.